The average molecular weight is 267 g/mol. The molecule has 0 bridgehead atoms. The largest absolute Gasteiger partial charge is 0.317 e. The zero-order valence-electron chi connectivity index (χ0n) is 12.7. The van der Waals surface area contributed by atoms with Crippen LogP contribution in [-0.2, 0) is 6.42 Å². The molecule has 0 aliphatic heterocycles. The summed E-state index contributed by atoms with van der Waals surface area (Å²) in [5.74, 6) is 0. The Bertz CT molecular complexity index is 352. The second-order valence-electron chi connectivity index (χ2n) is 6.10. The first-order valence-electron chi connectivity index (χ1n) is 7.21. The lowest BCUT2D eigenvalue weighted by Gasteiger charge is -2.24. The number of nitrogens with one attached hydrogen (secondary N) is 1. The number of hydrogen-bond donors (Lipinski definition) is 1. The fourth-order valence-electron chi connectivity index (χ4n) is 2.26. The van der Waals surface area contributed by atoms with Crippen LogP contribution in [0.5, 0.6) is 0 Å². The molecule has 1 nitrogen and oxygen atoms in total. The lowest BCUT2D eigenvalue weighted by molar-refractivity contribution is 0.302. The van der Waals surface area contributed by atoms with E-state index in [-0.39, 0.29) is 0 Å². The van der Waals surface area contributed by atoms with E-state index in [1.54, 1.807) is 5.56 Å². The molecule has 0 fully saturated rings. The van der Waals surface area contributed by atoms with Gasteiger partial charge in [-0.25, -0.2) is 0 Å². The molecule has 0 atom stereocenters. The molecule has 18 heavy (non-hydrogen) atoms. The molecule has 2 heteroatoms. The standard InChI is InChI=1S/C16H29NS/c1-6-10-17-11-9-16(4,5)8-7-15-12-13(2)18-14(15)3/h12,17H,6-11H2,1-5H3. The van der Waals surface area contributed by atoms with Crippen LogP contribution in [0.4, 0.5) is 0 Å². The summed E-state index contributed by atoms with van der Waals surface area (Å²) >= 11 is 1.93. The summed E-state index contributed by atoms with van der Waals surface area (Å²) in [6.45, 7) is 13.8. The van der Waals surface area contributed by atoms with E-state index < -0.39 is 0 Å². The van der Waals surface area contributed by atoms with Crippen molar-refractivity contribution in [1.82, 2.24) is 5.32 Å². The Morgan fingerprint density at radius 1 is 1.17 bits per heavy atom. The smallest absolute Gasteiger partial charge is 0.00490 e. The lowest BCUT2D eigenvalue weighted by atomic mass is 9.83. The molecular formula is C16H29NS. The van der Waals surface area contributed by atoms with Crippen LogP contribution in [0.1, 0.15) is 55.4 Å². The third-order valence-corrected chi connectivity index (χ3v) is 4.63. The predicted molar refractivity (Wildman–Crippen MR) is 83.7 cm³/mol. The molecule has 1 heterocycles. The predicted octanol–water partition coefficient (Wildman–Crippen LogP) is 4.71. The van der Waals surface area contributed by atoms with E-state index in [0.717, 1.165) is 13.1 Å². The highest BCUT2D eigenvalue weighted by molar-refractivity contribution is 7.12. The summed E-state index contributed by atoms with van der Waals surface area (Å²) in [7, 11) is 0. The molecule has 0 unspecified atom stereocenters. The van der Waals surface area contributed by atoms with Crippen molar-refractivity contribution < 1.29 is 0 Å². The van der Waals surface area contributed by atoms with Gasteiger partial charge < -0.3 is 5.32 Å². The lowest BCUT2D eigenvalue weighted by Crippen LogP contribution is -2.23. The maximum Gasteiger partial charge on any atom is 0.00490 e. The maximum absolute atomic E-state index is 3.51. The van der Waals surface area contributed by atoms with Gasteiger partial charge in [0.15, 0.2) is 0 Å². The van der Waals surface area contributed by atoms with Crippen molar-refractivity contribution in [2.75, 3.05) is 13.1 Å². The average Bonchev–Trinajstić information content (AvgIpc) is 2.61. The van der Waals surface area contributed by atoms with Crippen molar-refractivity contribution in [3.8, 4) is 0 Å². The van der Waals surface area contributed by atoms with Crippen LogP contribution in [0.3, 0.4) is 0 Å². The molecule has 1 aromatic heterocycles. The SMILES string of the molecule is CCCNCCC(C)(C)CCc1cc(C)sc1C. The summed E-state index contributed by atoms with van der Waals surface area (Å²) in [5, 5.41) is 3.51. The highest BCUT2D eigenvalue weighted by Crippen LogP contribution is 2.29. The highest BCUT2D eigenvalue weighted by Gasteiger charge is 2.18. The van der Waals surface area contributed by atoms with Gasteiger partial charge in [-0.15, -0.1) is 11.3 Å². The monoisotopic (exact) mass is 267 g/mol. The second-order valence-corrected chi connectivity index (χ2v) is 7.56. The maximum atomic E-state index is 3.51. The van der Waals surface area contributed by atoms with Gasteiger partial charge in [0.1, 0.15) is 0 Å². The molecule has 0 saturated heterocycles. The van der Waals surface area contributed by atoms with Crippen LogP contribution in [0.15, 0.2) is 6.07 Å². The first kappa shape index (κ1) is 15.7. The molecule has 1 aromatic rings. The number of hydrogen-bond acceptors (Lipinski definition) is 2. The van der Waals surface area contributed by atoms with Gasteiger partial charge in [-0.2, -0.15) is 0 Å². The number of rotatable bonds is 8. The van der Waals surface area contributed by atoms with Crippen LogP contribution in [0.25, 0.3) is 0 Å². The van der Waals surface area contributed by atoms with E-state index in [1.807, 2.05) is 11.3 Å². The minimum atomic E-state index is 0.447. The van der Waals surface area contributed by atoms with E-state index in [1.165, 1.54) is 35.4 Å². The van der Waals surface area contributed by atoms with E-state index in [2.05, 4.69) is 46.0 Å². The second kappa shape index (κ2) is 7.30. The van der Waals surface area contributed by atoms with Crippen LogP contribution < -0.4 is 5.32 Å². The normalized spacial score (nSPS) is 12.1. The Morgan fingerprint density at radius 3 is 2.44 bits per heavy atom. The van der Waals surface area contributed by atoms with E-state index in [9.17, 15) is 0 Å². The molecule has 0 aliphatic rings. The Balaban J connectivity index is 2.34. The van der Waals surface area contributed by atoms with Gasteiger partial charge in [0.05, 0.1) is 0 Å². The zero-order chi connectivity index (χ0) is 13.6. The van der Waals surface area contributed by atoms with Crippen molar-refractivity contribution in [1.29, 1.82) is 0 Å². The highest BCUT2D eigenvalue weighted by atomic mass is 32.1. The summed E-state index contributed by atoms with van der Waals surface area (Å²) in [6.07, 6.45) is 5.03. The van der Waals surface area contributed by atoms with Gasteiger partial charge in [-0.1, -0.05) is 20.8 Å². The fraction of sp³-hybridized carbons (Fsp3) is 0.750. The molecule has 0 aliphatic carbocycles. The summed E-state index contributed by atoms with van der Waals surface area (Å²) in [4.78, 5) is 2.96. The van der Waals surface area contributed by atoms with Gasteiger partial charge in [0.2, 0.25) is 0 Å². The van der Waals surface area contributed by atoms with Gasteiger partial charge in [-0.05, 0) is 69.7 Å². The van der Waals surface area contributed by atoms with Gasteiger partial charge in [-0.3, -0.25) is 0 Å². The Kier molecular flexibility index (Phi) is 6.37. The first-order chi connectivity index (χ1) is 8.44. The minimum absolute atomic E-state index is 0.447. The minimum Gasteiger partial charge on any atom is -0.317 e. The number of thiophene rings is 1. The van der Waals surface area contributed by atoms with Crippen molar-refractivity contribution in [2.24, 2.45) is 5.41 Å². The molecule has 0 radical (unpaired) electrons. The van der Waals surface area contributed by atoms with Gasteiger partial charge in [0, 0.05) is 9.75 Å². The Labute approximate surface area is 117 Å². The summed E-state index contributed by atoms with van der Waals surface area (Å²) in [5.41, 5.74) is 2.01. The van der Waals surface area contributed by atoms with Crippen LogP contribution >= 0.6 is 11.3 Å². The fourth-order valence-corrected chi connectivity index (χ4v) is 3.23. The number of aryl methyl sites for hydroxylation is 3. The van der Waals surface area contributed by atoms with Crippen molar-refractivity contribution >= 4 is 11.3 Å². The zero-order valence-corrected chi connectivity index (χ0v) is 13.5. The molecule has 0 aromatic carbocycles. The molecular weight excluding hydrogens is 238 g/mol. The molecule has 0 amide bonds. The summed E-state index contributed by atoms with van der Waals surface area (Å²) in [6, 6.07) is 2.37. The van der Waals surface area contributed by atoms with Gasteiger partial charge >= 0.3 is 0 Å². The van der Waals surface area contributed by atoms with Crippen molar-refractivity contribution in [3.05, 3.63) is 21.4 Å². The van der Waals surface area contributed by atoms with E-state index >= 15 is 0 Å². The molecule has 1 N–H and O–H groups in total. The van der Waals surface area contributed by atoms with Crippen LogP contribution in [0.2, 0.25) is 0 Å². The topological polar surface area (TPSA) is 12.0 Å². The van der Waals surface area contributed by atoms with E-state index in [0.29, 0.717) is 5.41 Å². The quantitative estimate of drug-likeness (QED) is 0.672. The summed E-state index contributed by atoms with van der Waals surface area (Å²) < 4.78 is 0. The molecule has 104 valence electrons. The van der Waals surface area contributed by atoms with E-state index in [4.69, 9.17) is 0 Å². The molecule has 1 rings (SSSR count). The van der Waals surface area contributed by atoms with Crippen LogP contribution in [0, 0.1) is 19.3 Å². The van der Waals surface area contributed by atoms with Crippen molar-refractivity contribution in [2.45, 2.75) is 60.3 Å². The Morgan fingerprint density at radius 2 is 1.89 bits per heavy atom. The molecule has 0 spiro atoms. The van der Waals surface area contributed by atoms with Crippen molar-refractivity contribution in [3.63, 3.8) is 0 Å². The third kappa shape index (κ3) is 5.53. The van der Waals surface area contributed by atoms with Crippen LogP contribution in [-0.4, -0.2) is 13.1 Å². The third-order valence-electron chi connectivity index (χ3n) is 3.62. The first-order valence-corrected chi connectivity index (χ1v) is 8.03. The van der Waals surface area contributed by atoms with Gasteiger partial charge in [0.25, 0.3) is 0 Å². The molecule has 0 saturated carbocycles. The Hall–Kier alpha value is -0.340.